The highest BCUT2D eigenvalue weighted by molar-refractivity contribution is 6.04. The maximum absolute atomic E-state index is 12.2. The normalized spacial score (nSPS) is 18.3. The van der Waals surface area contributed by atoms with Crippen LogP contribution in [0.4, 0.5) is 5.69 Å². The largest absolute Gasteiger partial charge is 0.316 e. The Morgan fingerprint density at radius 2 is 2.00 bits per heavy atom. The maximum atomic E-state index is 12.2. The van der Waals surface area contributed by atoms with Crippen LogP contribution in [0.3, 0.4) is 0 Å². The van der Waals surface area contributed by atoms with Crippen molar-refractivity contribution in [2.45, 2.75) is 26.8 Å². The number of nitrogens with zero attached hydrogens (tertiary/aromatic N) is 2. The number of hydrogen-bond donors (Lipinski definition) is 1. The van der Waals surface area contributed by atoms with Crippen molar-refractivity contribution in [1.29, 1.82) is 0 Å². The van der Waals surface area contributed by atoms with Crippen molar-refractivity contribution in [3.05, 3.63) is 29.3 Å². The van der Waals surface area contributed by atoms with E-state index in [0.717, 1.165) is 36.4 Å². The average Bonchev–Trinajstić information content (AvgIpc) is 2.64. The van der Waals surface area contributed by atoms with Crippen LogP contribution in [0.25, 0.3) is 0 Å². The smallest absolute Gasteiger partial charge is 0.248 e. The third-order valence-electron chi connectivity index (χ3n) is 3.88. The number of nitrogens with two attached hydrogens (primary N) is 1. The van der Waals surface area contributed by atoms with Crippen molar-refractivity contribution in [3.8, 4) is 0 Å². The minimum atomic E-state index is -0.494. The van der Waals surface area contributed by atoms with E-state index in [0.29, 0.717) is 6.54 Å². The molecule has 1 heterocycles. The average molecular weight is 261 g/mol. The number of anilines is 1. The fourth-order valence-corrected chi connectivity index (χ4v) is 2.60. The Kier molecular flexibility index (Phi) is 4.22. The minimum Gasteiger partial charge on any atom is -0.316 e. The summed E-state index contributed by atoms with van der Waals surface area (Å²) < 4.78 is 0. The van der Waals surface area contributed by atoms with Gasteiger partial charge in [0.2, 0.25) is 5.91 Å². The molecule has 0 saturated heterocycles. The van der Waals surface area contributed by atoms with Gasteiger partial charge in [-0.15, -0.1) is 0 Å². The highest BCUT2D eigenvalue weighted by Gasteiger charge is 2.34. The van der Waals surface area contributed by atoms with Gasteiger partial charge < -0.3 is 15.5 Å². The predicted molar refractivity (Wildman–Crippen MR) is 78.2 cm³/mol. The van der Waals surface area contributed by atoms with Gasteiger partial charge in [0.25, 0.3) is 0 Å². The Bertz CT molecular complexity index is 468. The Morgan fingerprint density at radius 3 is 2.63 bits per heavy atom. The van der Waals surface area contributed by atoms with Crippen molar-refractivity contribution < 1.29 is 4.79 Å². The Hall–Kier alpha value is -1.39. The summed E-state index contributed by atoms with van der Waals surface area (Å²) in [7, 11) is 0. The summed E-state index contributed by atoms with van der Waals surface area (Å²) in [6.07, 6.45) is 0. The van der Waals surface area contributed by atoms with Crippen LogP contribution in [0, 0.1) is 6.92 Å². The first-order valence-electron chi connectivity index (χ1n) is 6.98. The van der Waals surface area contributed by atoms with E-state index in [4.69, 9.17) is 5.73 Å². The molecular formula is C15H23N3O. The van der Waals surface area contributed by atoms with E-state index in [-0.39, 0.29) is 5.91 Å². The van der Waals surface area contributed by atoms with E-state index in [9.17, 15) is 4.79 Å². The second-order valence-corrected chi connectivity index (χ2v) is 5.06. The first-order chi connectivity index (χ1) is 9.08. The monoisotopic (exact) mass is 261 g/mol. The van der Waals surface area contributed by atoms with Gasteiger partial charge in [-0.25, -0.2) is 0 Å². The van der Waals surface area contributed by atoms with Crippen LogP contribution in [0.1, 0.15) is 31.0 Å². The zero-order valence-corrected chi connectivity index (χ0v) is 12.0. The van der Waals surface area contributed by atoms with Crippen molar-refractivity contribution in [1.82, 2.24) is 4.90 Å². The molecule has 0 aliphatic carbocycles. The molecular weight excluding hydrogens is 238 g/mol. The Balaban J connectivity index is 2.17. The van der Waals surface area contributed by atoms with Crippen LogP contribution in [0.15, 0.2) is 18.2 Å². The summed E-state index contributed by atoms with van der Waals surface area (Å²) in [6.45, 7) is 9.91. The zero-order chi connectivity index (χ0) is 14.0. The number of carbonyl (C=O) groups excluding carboxylic acids is 1. The SMILES string of the molecule is CCN(CC)CCN1C(=O)C(N)c2cc(C)ccc21. The van der Waals surface area contributed by atoms with E-state index in [1.54, 1.807) is 0 Å². The molecule has 2 rings (SSSR count). The number of likely N-dealkylation sites (N-methyl/N-ethyl adjacent to an activating group) is 1. The molecule has 1 aliphatic heterocycles. The van der Waals surface area contributed by atoms with E-state index in [1.165, 1.54) is 0 Å². The summed E-state index contributed by atoms with van der Waals surface area (Å²) >= 11 is 0. The first kappa shape index (κ1) is 14.0. The number of fused-ring (bicyclic) bond motifs is 1. The second kappa shape index (κ2) is 5.72. The van der Waals surface area contributed by atoms with Gasteiger partial charge in [-0.3, -0.25) is 4.79 Å². The van der Waals surface area contributed by atoms with Gasteiger partial charge in [-0.2, -0.15) is 0 Å². The molecule has 1 aromatic carbocycles. The molecule has 1 atom stereocenters. The molecule has 1 aromatic rings. The lowest BCUT2D eigenvalue weighted by atomic mass is 10.1. The molecule has 0 radical (unpaired) electrons. The zero-order valence-electron chi connectivity index (χ0n) is 12.0. The summed E-state index contributed by atoms with van der Waals surface area (Å²) in [6, 6.07) is 5.58. The highest BCUT2D eigenvalue weighted by Crippen LogP contribution is 2.34. The summed E-state index contributed by atoms with van der Waals surface area (Å²) in [5, 5.41) is 0. The number of aryl methyl sites for hydroxylation is 1. The molecule has 1 unspecified atom stereocenters. The molecule has 0 spiro atoms. The second-order valence-electron chi connectivity index (χ2n) is 5.06. The van der Waals surface area contributed by atoms with Crippen LogP contribution in [0.2, 0.25) is 0 Å². The fourth-order valence-electron chi connectivity index (χ4n) is 2.60. The highest BCUT2D eigenvalue weighted by atomic mass is 16.2. The minimum absolute atomic E-state index is 0.0211. The van der Waals surface area contributed by atoms with E-state index in [2.05, 4.69) is 18.7 Å². The first-order valence-corrected chi connectivity index (χ1v) is 6.98. The lowest BCUT2D eigenvalue weighted by Crippen LogP contribution is -2.38. The number of rotatable bonds is 5. The Morgan fingerprint density at radius 1 is 1.32 bits per heavy atom. The van der Waals surface area contributed by atoms with E-state index >= 15 is 0 Å². The lowest BCUT2D eigenvalue weighted by Gasteiger charge is -2.23. The predicted octanol–water partition coefficient (Wildman–Crippen LogP) is 1.68. The van der Waals surface area contributed by atoms with Crippen molar-refractivity contribution in [2.75, 3.05) is 31.1 Å². The summed E-state index contributed by atoms with van der Waals surface area (Å²) in [4.78, 5) is 16.4. The van der Waals surface area contributed by atoms with E-state index in [1.807, 2.05) is 30.0 Å². The van der Waals surface area contributed by atoms with Crippen molar-refractivity contribution in [2.24, 2.45) is 5.73 Å². The van der Waals surface area contributed by atoms with Gasteiger partial charge in [0.05, 0.1) is 0 Å². The van der Waals surface area contributed by atoms with Gasteiger partial charge in [0.1, 0.15) is 6.04 Å². The van der Waals surface area contributed by atoms with Gasteiger partial charge in [-0.1, -0.05) is 31.5 Å². The molecule has 1 aliphatic rings. The molecule has 0 aromatic heterocycles. The van der Waals surface area contributed by atoms with Gasteiger partial charge >= 0.3 is 0 Å². The van der Waals surface area contributed by atoms with Crippen molar-refractivity contribution in [3.63, 3.8) is 0 Å². The topological polar surface area (TPSA) is 49.6 Å². The molecule has 0 fully saturated rings. The number of carbonyl (C=O) groups is 1. The van der Waals surface area contributed by atoms with Crippen LogP contribution in [0.5, 0.6) is 0 Å². The molecule has 4 heteroatoms. The van der Waals surface area contributed by atoms with Gasteiger partial charge in [-0.05, 0) is 26.1 Å². The van der Waals surface area contributed by atoms with Crippen LogP contribution in [-0.4, -0.2) is 37.0 Å². The third kappa shape index (κ3) is 2.65. The molecule has 1 amide bonds. The third-order valence-corrected chi connectivity index (χ3v) is 3.88. The number of amides is 1. The number of hydrogen-bond acceptors (Lipinski definition) is 3. The van der Waals surface area contributed by atoms with Gasteiger partial charge in [0.15, 0.2) is 0 Å². The molecule has 19 heavy (non-hydrogen) atoms. The maximum Gasteiger partial charge on any atom is 0.248 e. The summed E-state index contributed by atoms with van der Waals surface area (Å²) in [5.74, 6) is 0.0211. The van der Waals surface area contributed by atoms with Crippen molar-refractivity contribution >= 4 is 11.6 Å². The quantitative estimate of drug-likeness (QED) is 0.877. The van der Waals surface area contributed by atoms with Crippen LogP contribution >= 0.6 is 0 Å². The van der Waals surface area contributed by atoms with Crippen LogP contribution in [-0.2, 0) is 4.79 Å². The molecule has 0 saturated carbocycles. The number of benzene rings is 1. The fraction of sp³-hybridized carbons (Fsp3) is 0.533. The molecule has 2 N–H and O–H groups in total. The molecule has 4 nitrogen and oxygen atoms in total. The lowest BCUT2D eigenvalue weighted by molar-refractivity contribution is -0.119. The van der Waals surface area contributed by atoms with Gasteiger partial charge in [0, 0.05) is 24.3 Å². The molecule has 0 bridgehead atoms. The standard InChI is InChI=1S/C15H23N3O/c1-4-17(5-2)8-9-18-13-7-6-11(3)10-12(13)14(16)15(18)19/h6-7,10,14H,4-5,8-9,16H2,1-3H3. The van der Waals surface area contributed by atoms with E-state index < -0.39 is 6.04 Å². The Labute approximate surface area is 115 Å². The van der Waals surface area contributed by atoms with Crippen LogP contribution < -0.4 is 10.6 Å². The molecule has 104 valence electrons. The summed E-state index contributed by atoms with van der Waals surface area (Å²) in [5.41, 5.74) is 9.11.